The summed E-state index contributed by atoms with van der Waals surface area (Å²) in [6.07, 6.45) is 0.0279. The Balaban J connectivity index is 1.73. The molecule has 170 valence electrons. The third-order valence-corrected chi connectivity index (χ3v) is 4.88. The molecule has 4 N–H and O–H groups in total. The van der Waals surface area contributed by atoms with Gasteiger partial charge in [-0.3, -0.25) is 14.4 Å². The van der Waals surface area contributed by atoms with Gasteiger partial charge in [0.25, 0.3) is 5.91 Å². The predicted octanol–water partition coefficient (Wildman–Crippen LogP) is 3.71. The highest BCUT2D eigenvalue weighted by molar-refractivity contribution is 6.10. The smallest absolute Gasteiger partial charge is 0.257 e. The van der Waals surface area contributed by atoms with E-state index in [2.05, 4.69) is 10.6 Å². The summed E-state index contributed by atoms with van der Waals surface area (Å²) in [7, 11) is 0. The Morgan fingerprint density at radius 1 is 0.939 bits per heavy atom. The Morgan fingerprint density at radius 2 is 1.67 bits per heavy atom. The number of anilines is 3. The molecule has 0 aliphatic carbocycles. The molecule has 0 aliphatic rings. The van der Waals surface area contributed by atoms with E-state index in [0.717, 1.165) is 5.56 Å². The van der Waals surface area contributed by atoms with E-state index in [1.54, 1.807) is 35.2 Å². The SMILES string of the molecule is Cc1cccc(NC(=O)c2ccccc2NC(=O)CN(CCC(N)=O)c2ccc(F)cc2)c1. The lowest BCUT2D eigenvalue weighted by atomic mass is 10.1. The van der Waals surface area contributed by atoms with Gasteiger partial charge in [0.1, 0.15) is 5.82 Å². The van der Waals surface area contributed by atoms with Crippen LogP contribution in [0.1, 0.15) is 22.3 Å². The van der Waals surface area contributed by atoms with E-state index in [0.29, 0.717) is 22.6 Å². The molecule has 3 rings (SSSR count). The van der Waals surface area contributed by atoms with Gasteiger partial charge in [-0.05, 0) is 61.0 Å². The number of hydrogen-bond acceptors (Lipinski definition) is 4. The molecule has 0 aromatic heterocycles. The van der Waals surface area contributed by atoms with Crippen LogP contribution in [0.4, 0.5) is 21.5 Å². The Labute approximate surface area is 191 Å². The second kappa shape index (κ2) is 10.9. The lowest BCUT2D eigenvalue weighted by Crippen LogP contribution is -2.36. The minimum Gasteiger partial charge on any atom is -0.370 e. The maximum absolute atomic E-state index is 13.3. The van der Waals surface area contributed by atoms with Gasteiger partial charge in [-0.25, -0.2) is 4.39 Å². The molecule has 3 aromatic carbocycles. The van der Waals surface area contributed by atoms with Crippen molar-refractivity contribution in [2.24, 2.45) is 5.73 Å². The summed E-state index contributed by atoms with van der Waals surface area (Å²) in [6, 6.07) is 19.7. The van der Waals surface area contributed by atoms with Crippen molar-refractivity contribution in [3.8, 4) is 0 Å². The molecule has 3 aromatic rings. The molecule has 8 heteroatoms. The summed E-state index contributed by atoms with van der Waals surface area (Å²) in [5, 5.41) is 5.59. The molecule has 0 fully saturated rings. The summed E-state index contributed by atoms with van der Waals surface area (Å²) in [5.74, 6) is -1.69. The van der Waals surface area contributed by atoms with Gasteiger partial charge in [-0.1, -0.05) is 24.3 Å². The number of halogens is 1. The number of rotatable bonds is 9. The number of nitrogens with zero attached hydrogens (tertiary/aromatic N) is 1. The van der Waals surface area contributed by atoms with Gasteiger partial charge in [0.15, 0.2) is 0 Å². The molecule has 0 aliphatic heterocycles. The fraction of sp³-hybridized carbons (Fsp3) is 0.160. The van der Waals surface area contributed by atoms with Crippen molar-refractivity contribution in [1.82, 2.24) is 0 Å². The van der Waals surface area contributed by atoms with Crippen LogP contribution in [0.2, 0.25) is 0 Å². The van der Waals surface area contributed by atoms with Crippen LogP contribution in [0.5, 0.6) is 0 Å². The second-order valence-corrected chi connectivity index (χ2v) is 7.53. The molecule has 7 nitrogen and oxygen atoms in total. The monoisotopic (exact) mass is 448 g/mol. The highest BCUT2D eigenvalue weighted by Gasteiger charge is 2.17. The molecule has 0 bridgehead atoms. The third kappa shape index (κ3) is 6.90. The number of carbonyl (C=O) groups excluding carboxylic acids is 3. The summed E-state index contributed by atoms with van der Waals surface area (Å²) < 4.78 is 13.3. The van der Waals surface area contributed by atoms with Gasteiger partial charge < -0.3 is 21.3 Å². The first-order valence-electron chi connectivity index (χ1n) is 10.4. The van der Waals surface area contributed by atoms with Gasteiger partial charge in [-0.2, -0.15) is 0 Å². The van der Waals surface area contributed by atoms with E-state index in [9.17, 15) is 18.8 Å². The lowest BCUT2D eigenvalue weighted by molar-refractivity contribution is -0.118. The normalized spacial score (nSPS) is 10.4. The molecule has 0 heterocycles. The molecule has 0 unspecified atom stereocenters. The molecule has 3 amide bonds. The molecule has 0 radical (unpaired) electrons. The van der Waals surface area contributed by atoms with Crippen LogP contribution in [-0.2, 0) is 9.59 Å². The summed E-state index contributed by atoms with van der Waals surface area (Å²) >= 11 is 0. The van der Waals surface area contributed by atoms with E-state index in [4.69, 9.17) is 5.73 Å². The first kappa shape index (κ1) is 23.5. The number of primary amides is 1. The van der Waals surface area contributed by atoms with Crippen LogP contribution in [-0.4, -0.2) is 30.8 Å². The summed E-state index contributed by atoms with van der Waals surface area (Å²) in [5.41, 5.74) is 8.13. The van der Waals surface area contributed by atoms with Crippen molar-refractivity contribution in [1.29, 1.82) is 0 Å². The average molecular weight is 448 g/mol. The molecule has 33 heavy (non-hydrogen) atoms. The van der Waals surface area contributed by atoms with E-state index >= 15 is 0 Å². The van der Waals surface area contributed by atoms with Crippen LogP contribution in [0.25, 0.3) is 0 Å². The quantitative estimate of drug-likeness (QED) is 0.464. The van der Waals surface area contributed by atoms with Crippen molar-refractivity contribution >= 4 is 34.8 Å². The highest BCUT2D eigenvalue weighted by atomic mass is 19.1. The first-order chi connectivity index (χ1) is 15.8. The first-order valence-corrected chi connectivity index (χ1v) is 10.4. The summed E-state index contributed by atoms with van der Waals surface area (Å²) in [4.78, 5) is 38.5. The summed E-state index contributed by atoms with van der Waals surface area (Å²) in [6.45, 7) is 1.99. The molecular formula is C25H25FN4O3. The Bertz CT molecular complexity index is 1150. The van der Waals surface area contributed by atoms with Gasteiger partial charge in [0.2, 0.25) is 11.8 Å². The zero-order chi connectivity index (χ0) is 23.8. The maximum atomic E-state index is 13.3. The lowest BCUT2D eigenvalue weighted by Gasteiger charge is -2.24. The van der Waals surface area contributed by atoms with Crippen molar-refractivity contribution in [3.05, 3.63) is 89.7 Å². The standard InChI is InChI=1S/C25H25FN4O3/c1-17-5-4-6-19(15-17)28-25(33)21-7-2-3-8-22(21)29-24(32)16-30(14-13-23(27)31)20-11-9-18(26)10-12-20/h2-12,15H,13-14,16H2,1H3,(H2,27,31)(H,28,33)(H,29,32). The van der Waals surface area contributed by atoms with Gasteiger partial charge in [0.05, 0.1) is 17.8 Å². The van der Waals surface area contributed by atoms with E-state index in [1.807, 2.05) is 25.1 Å². The van der Waals surface area contributed by atoms with Crippen LogP contribution in [0.15, 0.2) is 72.8 Å². The zero-order valence-corrected chi connectivity index (χ0v) is 18.2. The van der Waals surface area contributed by atoms with E-state index < -0.39 is 17.6 Å². The second-order valence-electron chi connectivity index (χ2n) is 7.53. The topological polar surface area (TPSA) is 105 Å². The van der Waals surface area contributed by atoms with Crippen molar-refractivity contribution in [3.63, 3.8) is 0 Å². The molecule has 0 spiro atoms. The number of benzene rings is 3. The van der Waals surface area contributed by atoms with Gasteiger partial charge >= 0.3 is 0 Å². The van der Waals surface area contributed by atoms with Crippen LogP contribution in [0, 0.1) is 12.7 Å². The Hall–Kier alpha value is -4.20. The van der Waals surface area contributed by atoms with Crippen LogP contribution < -0.4 is 21.3 Å². The molecule has 0 saturated heterocycles. The third-order valence-electron chi connectivity index (χ3n) is 4.88. The number of nitrogens with one attached hydrogen (secondary N) is 2. The van der Waals surface area contributed by atoms with Crippen molar-refractivity contribution < 1.29 is 18.8 Å². The highest BCUT2D eigenvalue weighted by Crippen LogP contribution is 2.19. The van der Waals surface area contributed by atoms with Crippen molar-refractivity contribution in [2.45, 2.75) is 13.3 Å². The fourth-order valence-corrected chi connectivity index (χ4v) is 3.27. The number of carbonyl (C=O) groups is 3. The largest absolute Gasteiger partial charge is 0.370 e. The number of amides is 3. The number of hydrogen-bond donors (Lipinski definition) is 3. The fourth-order valence-electron chi connectivity index (χ4n) is 3.27. The molecular weight excluding hydrogens is 423 g/mol. The Morgan fingerprint density at radius 3 is 2.36 bits per heavy atom. The Kier molecular flexibility index (Phi) is 7.75. The minimum absolute atomic E-state index is 0.0279. The van der Waals surface area contributed by atoms with Gasteiger partial charge in [0, 0.05) is 24.3 Å². The zero-order valence-electron chi connectivity index (χ0n) is 18.2. The van der Waals surface area contributed by atoms with E-state index in [1.165, 1.54) is 24.3 Å². The average Bonchev–Trinajstić information content (AvgIpc) is 2.77. The minimum atomic E-state index is -0.513. The number of nitrogens with two attached hydrogens (primary N) is 1. The number of aryl methyl sites for hydroxylation is 1. The van der Waals surface area contributed by atoms with E-state index in [-0.39, 0.29) is 25.4 Å². The number of para-hydroxylation sites is 1. The van der Waals surface area contributed by atoms with Crippen LogP contribution in [0.3, 0.4) is 0 Å². The predicted molar refractivity (Wildman–Crippen MR) is 127 cm³/mol. The van der Waals surface area contributed by atoms with Crippen LogP contribution >= 0.6 is 0 Å². The molecule has 0 atom stereocenters. The molecule has 0 saturated carbocycles. The maximum Gasteiger partial charge on any atom is 0.257 e. The van der Waals surface area contributed by atoms with Crippen molar-refractivity contribution in [2.75, 3.05) is 28.6 Å². The van der Waals surface area contributed by atoms with Gasteiger partial charge in [-0.15, -0.1) is 0 Å².